The molecule has 0 radical (unpaired) electrons. The second-order valence-electron chi connectivity index (χ2n) is 12.7. The van der Waals surface area contributed by atoms with Gasteiger partial charge in [0.05, 0.1) is 12.1 Å². The van der Waals surface area contributed by atoms with E-state index in [9.17, 15) is 9.59 Å². The molecule has 216 valence electrons. The van der Waals surface area contributed by atoms with Gasteiger partial charge in [0.15, 0.2) is 0 Å². The summed E-state index contributed by atoms with van der Waals surface area (Å²) in [4.78, 5) is 31.2. The molecule has 0 bridgehead atoms. The Hall–Kier alpha value is -3.45. The maximum absolute atomic E-state index is 13.5. The SMILES string of the molecule is Cc1ccc(C(=O)N2CCC(c3ccc(-c4cnn(C)c4)cc3)CC2)cc1NC(=O)C1CCN(C2CCC(C)C2)C1. The van der Waals surface area contributed by atoms with Crippen LogP contribution in [0.2, 0.25) is 0 Å². The number of aryl methyl sites for hydroxylation is 2. The van der Waals surface area contributed by atoms with Crippen molar-refractivity contribution in [2.45, 2.75) is 64.3 Å². The average molecular weight is 554 g/mol. The van der Waals surface area contributed by atoms with Gasteiger partial charge in [0, 0.05) is 55.7 Å². The van der Waals surface area contributed by atoms with Crippen LogP contribution in [0.25, 0.3) is 11.1 Å². The van der Waals surface area contributed by atoms with E-state index < -0.39 is 0 Å². The summed E-state index contributed by atoms with van der Waals surface area (Å²) < 4.78 is 1.82. The predicted octanol–water partition coefficient (Wildman–Crippen LogP) is 5.86. The molecule has 1 saturated carbocycles. The Morgan fingerprint density at radius 3 is 2.39 bits per heavy atom. The zero-order chi connectivity index (χ0) is 28.5. The Morgan fingerprint density at radius 2 is 1.71 bits per heavy atom. The molecule has 2 saturated heterocycles. The van der Waals surface area contributed by atoms with Crippen molar-refractivity contribution in [3.8, 4) is 11.1 Å². The molecule has 2 amide bonds. The van der Waals surface area contributed by atoms with Gasteiger partial charge in [-0.1, -0.05) is 37.3 Å². The number of nitrogens with one attached hydrogen (secondary N) is 1. The Kier molecular flexibility index (Phi) is 7.98. The molecule has 0 spiro atoms. The number of hydrogen-bond acceptors (Lipinski definition) is 4. The minimum atomic E-state index is 0.0158. The van der Waals surface area contributed by atoms with Gasteiger partial charge in [0.1, 0.15) is 0 Å². The number of carbonyl (C=O) groups is 2. The van der Waals surface area contributed by atoms with Crippen molar-refractivity contribution in [2.75, 3.05) is 31.5 Å². The van der Waals surface area contributed by atoms with Crippen LogP contribution < -0.4 is 5.32 Å². The van der Waals surface area contributed by atoms with Gasteiger partial charge in [-0.05, 0) is 92.7 Å². The molecule has 3 fully saturated rings. The maximum atomic E-state index is 13.5. The van der Waals surface area contributed by atoms with Crippen LogP contribution >= 0.6 is 0 Å². The summed E-state index contributed by atoms with van der Waals surface area (Å²) in [7, 11) is 1.93. The minimum absolute atomic E-state index is 0.0158. The molecule has 1 N–H and O–H groups in total. The molecule has 2 aliphatic heterocycles. The molecular formula is C34H43N5O2. The average Bonchev–Trinajstić information content (AvgIpc) is 3.75. The van der Waals surface area contributed by atoms with Gasteiger partial charge in [0.2, 0.25) is 5.91 Å². The Labute approximate surface area is 243 Å². The van der Waals surface area contributed by atoms with Crippen LogP contribution in [0, 0.1) is 18.8 Å². The molecule has 7 nitrogen and oxygen atoms in total. The highest BCUT2D eigenvalue weighted by Gasteiger charge is 2.35. The minimum Gasteiger partial charge on any atom is -0.339 e. The molecule has 3 aromatic rings. The highest BCUT2D eigenvalue weighted by molar-refractivity contribution is 5.98. The van der Waals surface area contributed by atoms with Crippen molar-refractivity contribution in [3.05, 3.63) is 71.5 Å². The molecule has 1 aromatic heterocycles. The van der Waals surface area contributed by atoms with Crippen LogP contribution in [0.4, 0.5) is 5.69 Å². The molecule has 3 atom stereocenters. The third-order valence-electron chi connectivity index (χ3n) is 9.72. The number of piperidine rings is 1. The van der Waals surface area contributed by atoms with E-state index in [1.165, 1.54) is 30.4 Å². The quantitative estimate of drug-likeness (QED) is 0.415. The van der Waals surface area contributed by atoms with E-state index in [0.717, 1.165) is 68.2 Å². The number of rotatable bonds is 6. The maximum Gasteiger partial charge on any atom is 0.253 e. The molecule has 2 aromatic carbocycles. The first-order valence-electron chi connectivity index (χ1n) is 15.4. The lowest BCUT2D eigenvalue weighted by Gasteiger charge is -2.32. The van der Waals surface area contributed by atoms with Gasteiger partial charge < -0.3 is 10.2 Å². The van der Waals surface area contributed by atoms with Gasteiger partial charge in [-0.15, -0.1) is 0 Å². The van der Waals surface area contributed by atoms with E-state index in [-0.39, 0.29) is 17.7 Å². The van der Waals surface area contributed by atoms with E-state index in [1.807, 2.05) is 54.1 Å². The van der Waals surface area contributed by atoms with Crippen molar-refractivity contribution in [1.29, 1.82) is 0 Å². The fourth-order valence-corrected chi connectivity index (χ4v) is 7.08. The summed E-state index contributed by atoms with van der Waals surface area (Å²) in [5.74, 6) is 1.40. The van der Waals surface area contributed by atoms with Crippen LogP contribution in [-0.4, -0.2) is 63.6 Å². The molecule has 1 aliphatic carbocycles. The van der Waals surface area contributed by atoms with Crippen molar-refractivity contribution in [2.24, 2.45) is 18.9 Å². The normalized spacial score (nSPS) is 23.7. The first-order chi connectivity index (χ1) is 19.8. The number of hydrogen-bond donors (Lipinski definition) is 1. The molecular weight excluding hydrogens is 510 g/mol. The van der Waals surface area contributed by atoms with Gasteiger partial charge >= 0.3 is 0 Å². The molecule has 3 unspecified atom stereocenters. The molecule has 7 heteroatoms. The van der Waals surface area contributed by atoms with E-state index in [2.05, 4.69) is 46.5 Å². The Balaban J connectivity index is 1.04. The van der Waals surface area contributed by atoms with E-state index in [0.29, 0.717) is 17.5 Å². The Morgan fingerprint density at radius 1 is 0.927 bits per heavy atom. The summed E-state index contributed by atoms with van der Waals surface area (Å²) in [6.07, 6.45) is 10.5. The lowest BCUT2D eigenvalue weighted by Crippen LogP contribution is -2.38. The first kappa shape index (κ1) is 27.7. The lowest BCUT2D eigenvalue weighted by molar-refractivity contribution is -0.119. The summed E-state index contributed by atoms with van der Waals surface area (Å²) in [5.41, 5.74) is 6.03. The Bertz CT molecular complexity index is 1390. The monoisotopic (exact) mass is 553 g/mol. The summed E-state index contributed by atoms with van der Waals surface area (Å²) >= 11 is 0. The van der Waals surface area contributed by atoms with Crippen LogP contribution in [0.15, 0.2) is 54.9 Å². The standard InChI is InChI=1S/C34H43N5O2/c1-23-4-11-31(18-23)39-17-14-29(22-39)33(40)36-32-19-28(6-5-24(32)2)34(41)38-15-12-27(13-16-38)25-7-9-26(10-8-25)30-20-35-37(3)21-30/h5-10,19-21,23,27,29,31H,4,11-18,22H2,1-3H3,(H,36,40). The van der Waals surface area contributed by atoms with Gasteiger partial charge in [-0.3, -0.25) is 19.2 Å². The fraction of sp³-hybridized carbons (Fsp3) is 0.500. The number of carbonyl (C=O) groups excluding carboxylic acids is 2. The predicted molar refractivity (Wildman–Crippen MR) is 163 cm³/mol. The number of anilines is 1. The third kappa shape index (κ3) is 6.10. The molecule has 6 rings (SSSR count). The highest BCUT2D eigenvalue weighted by atomic mass is 16.2. The van der Waals surface area contributed by atoms with Crippen LogP contribution in [0.5, 0.6) is 0 Å². The van der Waals surface area contributed by atoms with Crippen molar-refractivity contribution in [3.63, 3.8) is 0 Å². The van der Waals surface area contributed by atoms with Crippen LogP contribution in [0.3, 0.4) is 0 Å². The highest BCUT2D eigenvalue weighted by Crippen LogP contribution is 2.33. The van der Waals surface area contributed by atoms with Crippen LogP contribution in [-0.2, 0) is 11.8 Å². The van der Waals surface area contributed by atoms with E-state index in [4.69, 9.17) is 0 Å². The lowest BCUT2D eigenvalue weighted by atomic mass is 9.88. The van der Waals surface area contributed by atoms with Crippen molar-refractivity contribution in [1.82, 2.24) is 19.6 Å². The van der Waals surface area contributed by atoms with E-state index in [1.54, 1.807) is 0 Å². The number of benzene rings is 2. The van der Waals surface area contributed by atoms with Crippen molar-refractivity contribution < 1.29 is 9.59 Å². The second kappa shape index (κ2) is 11.8. The van der Waals surface area contributed by atoms with Gasteiger partial charge in [-0.25, -0.2) is 0 Å². The topological polar surface area (TPSA) is 70.5 Å². The fourth-order valence-electron chi connectivity index (χ4n) is 7.08. The summed E-state index contributed by atoms with van der Waals surface area (Å²) in [5, 5.41) is 7.45. The van der Waals surface area contributed by atoms with Crippen LogP contribution in [0.1, 0.15) is 72.9 Å². The zero-order valence-electron chi connectivity index (χ0n) is 24.7. The molecule has 3 aliphatic rings. The second-order valence-corrected chi connectivity index (χ2v) is 12.7. The number of aromatic nitrogens is 2. The number of likely N-dealkylation sites (tertiary alicyclic amines) is 2. The summed E-state index contributed by atoms with van der Waals surface area (Å²) in [6, 6.07) is 15.2. The molecule has 3 heterocycles. The number of nitrogens with zero attached hydrogens (tertiary/aromatic N) is 4. The summed E-state index contributed by atoms with van der Waals surface area (Å²) in [6.45, 7) is 7.67. The van der Waals surface area contributed by atoms with Crippen molar-refractivity contribution >= 4 is 17.5 Å². The zero-order valence-corrected chi connectivity index (χ0v) is 24.7. The first-order valence-corrected chi connectivity index (χ1v) is 15.4. The number of amides is 2. The molecule has 41 heavy (non-hydrogen) atoms. The van der Waals surface area contributed by atoms with Gasteiger partial charge in [0.25, 0.3) is 5.91 Å². The largest absolute Gasteiger partial charge is 0.339 e. The smallest absolute Gasteiger partial charge is 0.253 e. The third-order valence-corrected chi connectivity index (χ3v) is 9.72. The van der Waals surface area contributed by atoms with Gasteiger partial charge in [-0.2, -0.15) is 5.10 Å². The van der Waals surface area contributed by atoms with E-state index >= 15 is 0 Å².